The van der Waals surface area contributed by atoms with Crippen molar-refractivity contribution in [3.05, 3.63) is 53.3 Å². The molecule has 0 unspecified atom stereocenters. The molecule has 5 nitrogen and oxygen atoms in total. The third kappa shape index (κ3) is 4.10. The van der Waals surface area contributed by atoms with Crippen LogP contribution in [-0.4, -0.2) is 30.5 Å². The monoisotopic (exact) mass is 331 g/mol. The summed E-state index contributed by atoms with van der Waals surface area (Å²) in [6, 6.07) is 9.66. The molecule has 126 valence electrons. The maximum Gasteiger partial charge on any atom is 0.344 e. The van der Waals surface area contributed by atoms with Crippen molar-refractivity contribution in [2.75, 3.05) is 7.11 Å². The van der Waals surface area contributed by atoms with Crippen LogP contribution in [0.25, 0.3) is 0 Å². The molecule has 1 N–H and O–H groups in total. The first-order valence-electron chi connectivity index (χ1n) is 7.29. The fourth-order valence-electron chi connectivity index (χ4n) is 2.00. The number of aliphatic imine (C=N–C) groups is 1. The molecule has 0 amide bonds. The standard InChI is InChI=1S/C18H18FNO4/c1-11-9-14(7-8-15(11)19)20-10-13-5-4-6-16(23-3)17(13)24-12(2)18(21)22/h4-10,12H,1-3H3,(H,21,22)/t12-/m1/s1. The van der Waals surface area contributed by atoms with Gasteiger partial charge in [-0.2, -0.15) is 0 Å². The maximum atomic E-state index is 13.3. The second-order valence-electron chi connectivity index (χ2n) is 5.17. The van der Waals surface area contributed by atoms with Crippen molar-refractivity contribution in [2.24, 2.45) is 4.99 Å². The molecule has 0 aliphatic rings. The first-order chi connectivity index (χ1) is 11.4. The van der Waals surface area contributed by atoms with Crippen LogP contribution in [-0.2, 0) is 4.79 Å². The highest BCUT2D eigenvalue weighted by molar-refractivity contribution is 5.87. The summed E-state index contributed by atoms with van der Waals surface area (Å²) in [6.45, 7) is 3.09. The van der Waals surface area contributed by atoms with Gasteiger partial charge in [0.25, 0.3) is 0 Å². The van der Waals surface area contributed by atoms with Gasteiger partial charge in [0.1, 0.15) is 5.82 Å². The van der Waals surface area contributed by atoms with Crippen molar-refractivity contribution in [1.82, 2.24) is 0 Å². The summed E-state index contributed by atoms with van der Waals surface area (Å²) in [7, 11) is 1.47. The van der Waals surface area contributed by atoms with Crippen LogP contribution in [0.1, 0.15) is 18.1 Å². The van der Waals surface area contributed by atoms with E-state index in [4.69, 9.17) is 14.6 Å². The van der Waals surface area contributed by atoms with E-state index in [1.807, 2.05) is 0 Å². The van der Waals surface area contributed by atoms with Gasteiger partial charge in [-0.1, -0.05) is 6.07 Å². The number of carboxylic acid groups (broad SMARTS) is 1. The van der Waals surface area contributed by atoms with Gasteiger partial charge in [-0.05, 0) is 49.7 Å². The number of hydrogen-bond acceptors (Lipinski definition) is 4. The molecular weight excluding hydrogens is 313 g/mol. The van der Waals surface area contributed by atoms with Gasteiger partial charge in [0.05, 0.1) is 12.8 Å². The zero-order valence-electron chi connectivity index (χ0n) is 13.6. The summed E-state index contributed by atoms with van der Waals surface area (Å²) in [6.07, 6.45) is 0.487. The van der Waals surface area contributed by atoms with Gasteiger partial charge in [0.2, 0.25) is 0 Å². The fraction of sp³-hybridized carbons (Fsp3) is 0.222. The smallest absolute Gasteiger partial charge is 0.344 e. The van der Waals surface area contributed by atoms with Crippen LogP contribution in [0.3, 0.4) is 0 Å². The van der Waals surface area contributed by atoms with Crippen LogP contribution in [0.4, 0.5) is 10.1 Å². The van der Waals surface area contributed by atoms with E-state index in [2.05, 4.69) is 4.99 Å². The number of aryl methyl sites for hydroxylation is 1. The van der Waals surface area contributed by atoms with E-state index in [1.54, 1.807) is 37.3 Å². The van der Waals surface area contributed by atoms with E-state index in [1.165, 1.54) is 26.3 Å². The van der Waals surface area contributed by atoms with E-state index >= 15 is 0 Å². The van der Waals surface area contributed by atoms with E-state index in [0.717, 1.165) is 0 Å². The topological polar surface area (TPSA) is 68.1 Å². The van der Waals surface area contributed by atoms with E-state index in [0.29, 0.717) is 22.6 Å². The summed E-state index contributed by atoms with van der Waals surface area (Å²) in [4.78, 5) is 15.3. The number of ether oxygens (including phenoxy) is 2. The lowest BCUT2D eigenvalue weighted by Gasteiger charge is -2.15. The van der Waals surface area contributed by atoms with Crippen LogP contribution in [0.2, 0.25) is 0 Å². The predicted octanol–water partition coefficient (Wildman–Crippen LogP) is 3.75. The molecule has 0 heterocycles. The van der Waals surface area contributed by atoms with Crippen LogP contribution < -0.4 is 9.47 Å². The average Bonchev–Trinajstić information content (AvgIpc) is 2.56. The number of carboxylic acids is 1. The summed E-state index contributed by atoms with van der Waals surface area (Å²) in [5.41, 5.74) is 1.63. The van der Waals surface area contributed by atoms with E-state index in [9.17, 15) is 9.18 Å². The average molecular weight is 331 g/mol. The van der Waals surface area contributed by atoms with E-state index < -0.39 is 12.1 Å². The molecular formula is C18H18FNO4. The largest absolute Gasteiger partial charge is 0.493 e. The number of aliphatic carboxylic acids is 1. The number of methoxy groups -OCH3 is 1. The molecule has 24 heavy (non-hydrogen) atoms. The normalized spacial score (nSPS) is 12.2. The Labute approximate surface area is 139 Å². The number of nitrogens with zero attached hydrogens (tertiary/aromatic N) is 1. The summed E-state index contributed by atoms with van der Waals surface area (Å²) in [5.74, 6) is -0.688. The molecule has 0 fully saturated rings. The summed E-state index contributed by atoms with van der Waals surface area (Å²) >= 11 is 0. The van der Waals surface area contributed by atoms with Gasteiger partial charge in [-0.15, -0.1) is 0 Å². The Hall–Kier alpha value is -2.89. The Morgan fingerprint density at radius 3 is 2.71 bits per heavy atom. The fourth-order valence-corrected chi connectivity index (χ4v) is 2.00. The number of benzene rings is 2. The summed E-state index contributed by atoms with van der Waals surface area (Å²) in [5, 5.41) is 9.03. The Bertz CT molecular complexity index is 774. The number of carbonyl (C=O) groups is 1. The Morgan fingerprint density at radius 1 is 1.33 bits per heavy atom. The highest BCUT2D eigenvalue weighted by Gasteiger charge is 2.17. The molecule has 0 saturated carbocycles. The molecule has 0 aliphatic heterocycles. The lowest BCUT2D eigenvalue weighted by molar-refractivity contribution is -0.144. The molecule has 1 atom stereocenters. The molecule has 0 radical (unpaired) electrons. The minimum Gasteiger partial charge on any atom is -0.493 e. The van der Waals surface area contributed by atoms with Crippen LogP contribution in [0.5, 0.6) is 11.5 Å². The number of para-hydroxylation sites is 1. The second-order valence-corrected chi connectivity index (χ2v) is 5.17. The number of hydrogen-bond donors (Lipinski definition) is 1. The van der Waals surface area contributed by atoms with Crippen molar-refractivity contribution >= 4 is 17.9 Å². The molecule has 0 saturated heterocycles. The Morgan fingerprint density at radius 2 is 2.08 bits per heavy atom. The lowest BCUT2D eigenvalue weighted by atomic mass is 10.2. The predicted molar refractivity (Wildman–Crippen MR) is 89.1 cm³/mol. The van der Waals surface area contributed by atoms with Gasteiger partial charge in [0.15, 0.2) is 17.6 Å². The molecule has 0 spiro atoms. The zero-order chi connectivity index (χ0) is 17.7. The third-order valence-electron chi connectivity index (χ3n) is 3.37. The van der Waals surface area contributed by atoms with Crippen molar-refractivity contribution in [2.45, 2.75) is 20.0 Å². The third-order valence-corrected chi connectivity index (χ3v) is 3.37. The first-order valence-corrected chi connectivity index (χ1v) is 7.29. The van der Waals surface area contributed by atoms with Crippen LogP contribution >= 0.6 is 0 Å². The number of rotatable bonds is 6. The molecule has 0 bridgehead atoms. The van der Waals surface area contributed by atoms with Crippen LogP contribution in [0.15, 0.2) is 41.4 Å². The highest BCUT2D eigenvalue weighted by atomic mass is 19.1. The van der Waals surface area contributed by atoms with Crippen molar-refractivity contribution in [3.63, 3.8) is 0 Å². The SMILES string of the molecule is COc1cccc(C=Nc2ccc(F)c(C)c2)c1O[C@H](C)C(=O)O. The quantitative estimate of drug-likeness (QED) is 0.819. The van der Waals surface area contributed by atoms with E-state index in [-0.39, 0.29) is 11.6 Å². The summed E-state index contributed by atoms with van der Waals surface area (Å²) < 4.78 is 24.0. The van der Waals surface area contributed by atoms with Crippen molar-refractivity contribution in [3.8, 4) is 11.5 Å². The minimum absolute atomic E-state index is 0.289. The van der Waals surface area contributed by atoms with Crippen molar-refractivity contribution in [1.29, 1.82) is 0 Å². The molecule has 2 aromatic carbocycles. The maximum absolute atomic E-state index is 13.3. The Kier molecular flexibility index (Phi) is 5.52. The minimum atomic E-state index is -1.09. The first kappa shape index (κ1) is 17.5. The zero-order valence-corrected chi connectivity index (χ0v) is 13.6. The molecule has 2 rings (SSSR count). The van der Waals surface area contributed by atoms with Gasteiger partial charge in [-0.3, -0.25) is 4.99 Å². The van der Waals surface area contributed by atoms with Crippen molar-refractivity contribution < 1.29 is 23.8 Å². The van der Waals surface area contributed by atoms with Crippen LogP contribution in [0, 0.1) is 12.7 Å². The molecule has 0 aromatic heterocycles. The highest BCUT2D eigenvalue weighted by Crippen LogP contribution is 2.31. The van der Waals surface area contributed by atoms with Gasteiger partial charge < -0.3 is 14.6 Å². The molecule has 2 aromatic rings. The second kappa shape index (κ2) is 7.59. The lowest BCUT2D eigenvalue weighted by Crippen LogP contribution is -2.23. The van der Waals surface area contributed by atoms with Gasteiger partial charge >= 0.3 is 5.97 Å². The molecule has 6 heteroatoms. The van der Waals surface area contributed by atoms with Gasteiger partial charge in [-0.25, -0.2) is 9.18 Å². The Balaban J connectivity index is 2.36. The number of halogens is 1. The van der Waals surface area contributed by atoms with Gasteiger partial charge in [0, 0.05) is 11.8 Å². The molecule has 0 aliphatic carbocycles.